The number of hydrogen-bond donors (Lipinski definition) is 5. The van der Waals surface area contributed by atoms with Crippen LogP contribution in [0.2, 0.25) is 0 Å². The fourth-order valence-electron chi connectivity index (χ4n) is 2.74. The van der Waals surface area contributed by atoms with Gasteiger partial charge in [-0.3, -0.25) is 23.7 Å². The van der Waals surface area contributed by atoms with Crippen LogP contribution in [-0.2, 0) is 33.4 Å². The minimum absolute atomic E-state index is 0.134. The highest BCUT2D eigenvalue weighted by atomic mass is 16.7. The average Bonchev–Trinajstić information content (AvgIpc) is 3.05. The van der Waals surface area contributed by atoms with Crippen LogP contribution in [0.15, 0.2) is 17.1 Å². The smallest absolute Gasteiger partial charge is 0.351 e. The summed E-state index contributed by atoms with van der Waals surface area (Å²) in [5.41, 5.74) is 3.98. The van der Waals surface area contributed by atoms with E-state index in [1.807, 2.05) is 0 Å². The molecule has 0 aromatic carbocycles. The van der Waals surface area contributed by atoms with E-state index >= 15 is 0 Å². The SMILES string of the molecule is NC(=O)CCC(=O)OCOC(=O)CCC(=O)Nc1ccn([C@@H]2O[C@H](CO)C(O)[C@@H]2O)c(=O)n1. The number of aliphatic hydroxyl groups excluding tert-OH is 3. The molecule has 15 nitrogen and oxygen atoms in total. The van der Waals surface area contributed by atoms with E-state index in [9.17, 15) is 34.2 Å². The van der Waals surface area contributed by atoms with Crippen molar-refractivity contribution in [3.63, 3.8) is 0 Å². The van der Waals surface area contributed by atoms with Gasteiger partial charge < -0.3 is 40.6 Å². The van der Waals surface area contributed by atoms with Gasteiger partial charge in [-0.05, 0) is 6.07 Å². The van der Waals surface area contributed by atoms with Gasteiger partial charge in [-0.2, -0.15) is 4.98 Å². The molecular formula is C18H24N4O11. The predicted octanol–water partition coefficient (Wildman–Crippen LogP) is -3.12. The van der Waals surface area contributed by atoms with Crippen molar-refractivity contribution >= 4 is 29.6 Å². The lowest BCUT2D eigenvalue weighted by atomic mass is 10.1. The standard InChI is InChI=1S/C18H24N4O11/c19-10(24)1-3-13(26)31-8-32-14(27)4-2-12(25)20-11-5-6-22(18(30)21-11)17-16(29)15(28)9(7-23)33-17/h5-6,9,15-17,23,28-29H,1-4,7-8H2,(H2,19,24)(H,20,21,25,30)/t9-,15?,16+,17-/m1/s1. The van der Waals surface area contributed by atoms with Crippen LogP contribution in [0.25, 0.3) is 0 Å². The zero-order valence-corrected chi connectivity index (χ0v) is 17.3. The summed E-state index contributed by atoms with van der Waals surface area (Å²) in [6.45, 7) is -1.25. The molecule has 0 aliphatic carbocycles. The number of aliphatic hydroxyl groups is 3. The molecule has 2 amide bonds. The molecule has 1 aromatic rings. The molecule has 1 aliphatic heterocycles. The summed E-state index contributed by atoms with van der Waals surface area (Å²) in [7, 11) is 0. The number of hydrogen-bond acceptors (Lipinski definition) is 12. The Morgan fingerprint density at radius 2 is 1.73 bits per heavy atom. The van der Waals surface area contributed by atoms with Crippen LogP contribution in [0, 0.1) is 0 Å². The van der Waals surface area contributed by atoms with Crippen LogP contribution in [0.1, 0.15) is 31.9 Å². The van der Waals surface area contributed by atoms with Crippen molar-refractivity contribution < 1.29 is 48.7 Å². The fourth-order valence-corrected chi connectivity index (χ4v) is 2.74. The molecule has 0 spiro atoms. The van der Waals surface area contributed by atoms with Gasteiger partial charge >= 0.3 is 17.6 Å². The number of carbonyl (C=O) groups is 4. The predicted molar refractivity (Wildman–Crippen MR) is 105 cm³/mol. The quantitative estimate of drug-likeness (QED) is 0.159. The maximum atomic E-state index is 12.2. The molecule has 2 heterocycles. The maximum Gasteiger partial charge on any atom is 0.351 e. The summed E-state index contributed by atoms with van der Waals surface area (Å²) < 4.78 is 15.3. The van der Waals surface area contributed by atoms with Gasteiger partial charge in [0.1, 0.15) is 24.1 Å². The van der Waals surface area contributed by atoms with E-state index in [1.165, 1.54) is 12.3 Å². The maximum absolute atomic E-state index is 12.2. The molecule has 182 valence electrons. The highest BCUT2D eigenvalue weighted by Gasteiger charge is 2.43. The Hall–Kier alpha value is -3.40. The van der Waals surface area contributed by atoms with Crippen molar-refractivity contribution in [2.45, 2.75) is 50.2 Å². The third kappa shape index (κ3) is 7.60. The number of ether oxygens (including phenoxy) is 3. The van der Waals surface area contributed by atoms with Crippen molar-refractivity contribution in [2.75, 3.05) is 18.7 Å². The Balaban J connectivity index is 1.77. The lowest BCUT2D eigenvalue weighted by molar-refractivity contribution is -0.167. The molecule has 4 atom stereocenters. The van der Waals surface area contributed by atoms with Crippen LogP contribution in [0.3, 0.4) is 0 Å². The van der Waals surface area contributed by atoms with Crippen molar-refractivity contribution in [1.29, 1.82) is 0 Å². The number of amides is 2. The number of nitrogens with zero attached hydrogens (tertiary/aromatic N) is 2. The van der Waals surface area contributed by atoms with E-state index < -0.39 is 67.4 Å². The first kappa shape index (κ1) is 25.9. The molecule has 1 aliphatic rings. The Kier molecular flexibility index (Phi) is 9.41. The Morgan fingerprint density at radius 1 is 1.09 bits per heavy atom. The van der Waals surface area contributed by atoms with E-state index in [0.29, 0.717) is 0 Å². The summed E-state index contributed by atoms with van der Waals surface area (Å²) in [5, 5.41) is 31.2. The lowest BCUT2D eigenvalue weighted by Crippen LogP contribution is -2.36. The molecule has 15 heteroatoms. The number of esters is 2. The van der Waals surface area contributed by atoms with Crippen molar-refractivity contribution in [2.24, 2.45) is 5.73 Å². The Labute approximate surface area is 186 Å². The molecule has 33 heavy (non-hydrogen) atoms. The summed E-state index contributed by atoms with van der Waals surface area (Å²) in [6, 6.07) is 1.23. The largest absolute Gasteiger partial charge is 0.428 e. The second-order valence-corrected chi connectivity index (χ2v) is 6.90. The first-order chi connectivity index (χ1) is 15.6. The van der Waals surface area contributed by atoms with Gasteiger partial charge in [0.05, 0.1) is 19.4 Å². The lowest BCUT2D eigenvalue weighted by Gasteiger charge is -2.17. The number of anilines is 1. The molecule has 0 radical (unpaired) electrons. The number of carbonyl (C=O) groups excluding carboxylic acids is 4. The van der Waals surface area contributed by atoms with Gasteiger partial charge in [0.25, 0.3) is 0 Å². The van der Waals surface area contributed by atoms with E-state index in [1.54, 1.807) is 0 Å². The van der Waals surface area contributed by atoms with Crippen LogP contribution >= 0.6 is 0 Å². The molecule has 1 aromatic heterocycles. The summed E-state index contributed by atoms with van der Waals surface area (Å²) in [5.74, 6) is -3.09. The van der Waals surface area contributed by atoms with E-state index in [-0.39, 0.29) is 31.5 Å². The topological polar surface area (TPSA) is 230 Å². The van der Waals surface area contributed by atoms with E-state index in [4.69, 9.17) is 15.6 Å². The minimum Gasteiger partial charge on any atom is -0.428 e. The Morgan fingerprint density at radius 3 is 2.27 bits per heavy atom. The molecule has 1 unspecified atom stereocenters. The number of aromatic nitrogens is 2. The molecule has 6 N–H and O–H groups in total. The Bertz CT molecular complexity index is 934. The normalized spacial score (nSPS) is 21.9. The van der Waals surface area contributed by atoms with Crippen molar-refractivity contribution in [3.8, 4) is 0 Å². The molecule has 0 saturated carbocycles. The number of nitrogens with two attached hydrogens (primary N) is 1. The monoisotopic (exact) mass is 472 g/mol. The third-order valence-electron chi connectivity index (χ3n) is 4.46. The van der Waals surface area contributed by atoms with Crippen molar-refractivity contribution in [3.05, 3.63) is 22.7 Å². The van der Waals surface area contributed by atoms with Crippen LogP contribution in [0.5, 0.6) is 0 Å². The summed E-state index contributed by atoms with van der Waals surface area (Å²) >= 11 is 0. The highest BCUT2D eigenvalue weighted by molar-refractivity contribution is 5.91. The van der Waals surface area contributed by atoms with Crippen LogP contribution in [-0.4, -0.2) is 80.3 Å². The first-order valence-corrected chi connectivity index (χ1v) is 9.73. The molecule has 2 rings (SSSR count). The first-order valence-electron chi connectivity index (χ1n) is 9.73. The van der Waals surface area contributed by atoms with Gasteiger partial charge in [0, 0.05) is 19.0 Å². The molecule has 0 bridgehead atoms. The molecular weight excluding hydrogens is 448 g/mol. The second-order valence-electron chi connectivity index (χ2n) is 6.90. The van der Waals surface area contributed by atoms with Gasteiger partial charge in [0.2, 0.25) is 18.6 Å². The zero-order chi connectivity index (χ0) is 24.5. The van der Waals surface area contributed by atoms with Crippen molar-refractivity contribution in [1.82, 2.24) is 9.55 Å². The zero-order valence-electron chi connectivity index (χ0n) is 17.3. The molecule has 1 fully saturated rings. The number of rotatable bonds is 11. The van der Waals surface area contributed by atoms with Crippen LogP contribution < -0.4 is 16.7 Å². The van der Waals surface area contributed by atoms with Gasteiger partial charge in [-0.25, -0.2) is 4.79 Å². The second kappa shape index (κ2) is 12.0. The van der Waals surface area contributed by atoms with Gasteiger partial charge in [-0.15, -0.1) is 0 Å². The summed E-state index contributed by atoms with van der Waals surface area (Å²) in [4.78, 5) is 61.2. The van der Waals surface area contributed by atoms with E-state index in [2.05, 4.69) is 19.8 Å². The third-order valence-corrected chi connectivity index (χ3v) is 4.46. The van der Waals surface area contributed by atoms with E-state index in [0.717, 1.165) is 4.57 Å². The van der Waals surface area contributed by atoms with Gasteiger partial charge in [0.15, 0.2) is 6.23 Å². The van der Waals surface area contributed by atoms with Gasteiger partial charge in [-0.1, -0.05) is 0 Å². The average molecular weight is 472 g/mol. The number of primary amides is 1. The van der Waals surface area contributed by atoms with Crippen LogP contribution in [0.4, 0.5) is 5.82 Å². The highest BCUT2D eigenvalue weighted by Crippen LogP contribution is 2.28. The summed E-state index contributed by atoms with van der Waals surface area (Å²) in [6.07, 6.45) is -5.19. The molecule has 1 saturated heterocycles. The minimum atomic E-state index is -1.48. The number of nitrogens with one attached hydrogen (secondary N) is 1. The fraction of sp³-hybridized carbons (Fsp3) is 0.556.